The van der Waals surface area contributed by atoms with Gasteiger partial charge in [0.25, 0.3) is 0 Å². The van der Waals surface area contributed by atoms with Crippen molar-refractivity contribution in [3.63, 3.8) is 0 Å². The Balaban J connectivity index is 1.80. The Morgan fingerprint density at radius 3 is 2.32 bits per heavy atom. The summed E-state index contributed by atoms with van der Waals surface area (Å²) in [6.45, 7) is 0.522. The molecule has 0 fully saturated rings. The van der Waals surface area contributed by atoms with Crippen LogP contribution in [-0.4, -0.2) is 33.3 Å². The minimum Gasteiger partial charge on any atom is -0.497 e. The summed E-state index contributed by atoms with van der Waals surface area (Å²) >= 11 is 0. The Labute approximate surface area is 180 Å². The van der Waals surface area contributed by atoms with Crippen molar-refractivity contribution >= 4 is 12.5 Å². The third-order valence-corrected chi connectivity index (χ3v) is 5.22. The van der Waals surface area contributed by atoms with Gasteiger partial charge in [-0.1, -0.05) is 42.5 Å². The van der Waals surface area contributed by atoms with Crippen LogP contribution in [0.1, 0.15) is 11.1 Å². The maximum Gasteiger partial charge on any atom is 0.320 e. The second-order valence-corrected chi connectivity index (χ2v) is 6.92. The lowest BCUT2D eigenvalue weighted by molar-refractivity contribution is -0.132. The van der Waals surface area contributed by atoms with Crippen LogP contribution in [0.15, 0.2) is 77.8 Å². The number of nitrogens with zero attached hydrogens (tertiary/aromatic N) is 1. The van der Waals surface area contributed by atoms with Gasteiger partial charge in [0.05, 0.1) is 14.2 Å². The molecule has 0 spiro atoms. The Morgan fingerprint density at radius 1 is 0.903 bits per heavy atom. The molecule has 1 unspecified atom stereocenters. The van der Waals surface area contributed by atoms with Gasteiger partial charge in [0.2, 0.25) is 0 Å². The Kier molecular flexibility index (Phi) is 5.75. The van der Waals surface area contributed by atoms with Crippen LogP contribution in [0.4, 0.5) is 0 Å². The van der Waals surface area contributed by atoms with E-state index in [1.807, 2.05) is 66.7 Å². The maximum absolute atomic E-state index is 10.6. The summed E-state index contributed by atoms with van der Waals surface area (Å²) in [7, 11) is 3.27. The summed E-state index contributed by atoms with van der Waals surface area (Å²) in [5, 5.41) is 0. The number of carbonyl (C=O) groups is 1. The zero-order chi connectivity index (χ0) is 21.7. The lowest BCUT2D eigenvalue weighted by Gasteiger charge is -2.26. The first-order valence-electron chi connectivity index (χ1n) is 9.66. The molecule has 7 nitrogen and oxygen atoms in total. The number of methoxy groups -OCH3 is 2. The van der Waals surface area contributed by atoms with E-state index in [9.17, 15) is 4.79 Å². The van der Waals surface area contributed by atoms with E-state index in [1.165, 1.54) is 0 Å². The topological polar surface area (TPSA) is 78.4 Å². The summed E-state index contributed by atoms with van der Waals surface area (Å²) in [4.78, 5) is 19.9. The molecule has 31 heavy (non-hydrogen) atoms. The molecule has 0 amide bonds. The molecule has 1 aliphatic rings. The predicted octanol–water partition coefficient (Wildman–Crippen LogP) is 3.68. The molecule has 0 saturated heterocycles. The molecule has 0 saturated carbocycles. The number of hydrogen-bond donors (Lipinski definition) is 1. The molecular formula is C24H22N2O5. The van der Waals surface area contributed by atoms with E-state index >= 15 is 0 Å². The van der Waals surface area contributed by atoms with E-state index in [1.54, 1.807) is 14.2 Å². The highest BCUT2D eigenvalue weighted by Gasteiger charge is 2.41. The predicted molar refractivity (Wildman–Crippen MR) is 116 cm³/mol. The smallest absolute Gasteiger partial charge is 0.320 e. The number of carbonyl (C=O) groups excluding carboxylic acids is 1. The first-order chi connectivity index (χ1) is 15.2. The van der Waals surface area contributed by atoms with Crippen molar-refractivity contribution in [2.75, 3.05) is 20.8 Å². The highest BCUT2D eigenvalue weighted by Crippen LogP contribution is 2.40. The van der Waals surface area contributed by atoms with E-state index in [2.05, 4.69) is 16.4 Å². The lowest BCUT2D eigenvalue weighted by Crippen LogP contribution is -2.27. The molecule has 0 radical (unpaired) electrons. The van der Waals surface area contributed by atoms with Gasteiger partial charge in [0.15, 0.2) is 5.54 Å². The fourth-order valence-corrected chi connectivity index (χ4v) is 3.63. The van der Waals surface area contributed by atoms with E-state index in [-0.39, 0.29) is 19.1 Å². The van der Waals surface area contributed by atoms with Gasteiger partial charge in [-0.2, -0.15) is 5.48 Å². The van der Waals surface area contributed by atoms with Crippen LogP contribution in [0.3, 0.4) is 0 Å². The van der Waals surface area contributed by atoms with Gasteiger partial charge in [-0.05, 0) is 52.6 Å². The zero-order valence-corrected chi connectivity index (χ0v) is 17.2. The van der Waals surface area contributed by atoms with Gasteiger partial charge in [0.1, 0.15) is 18.1 Å². The minimum atomic E-state index is -0.824. The minimum absolute atomic E-state index is 0.134. The fourth-order valence-electron chi connectivity index (χ4n) is 3.63. The number of nitrogens with one attached hydrogen (secondary N) is 1. The maximum atomic E-state index is 10.6. The molecule has 4 rings (SSSR count). The van der Waals surface area contributed by atoms with Crippen LogP contribution in [-0.2, 0) is 19.9 Å². The van der Waals surface area contributed by atoms with Gasteiger partial charge >= 0.3 is 12.5 Å². The monoisotopic (exact) mass is 418 g/mol. The number of benzene rings is 3. The number of rotatable bonds is 7. The average Bonchev–Trinajstić information content (AvgIpc) is 3.28. The summed E-state index contributed by atoms with van der Waals surface area (Å²) in [6, 6.07) is 23.8. The number of amidine groups is 1. The van der Waals surface area contributed by atoms with Gasteiger partial charge < -0.3 is 19.0 Å². The zero-order valence-electron chi connectivity index (χ0n) is 17.2. The Bertz CT molecular complexity index is 1100. The van der Waals surface area contributed by atoms with E-state index in [0.29, 0.717) is 0 Å². The first kappa shape index (κ1) is 20.3. The van der Waals surface area contributed by atoms with Gasteiger partial charge in [-0.15, -0.1) is 0 Å². The standard InChI is InChI=1S/C24H22N2O5/c1-28-21-11-9-19(10-12-21)24(15-30-23(25-24)26-31-16-27)20-7-3-5-17(13-20)18-6-4-8-22(14-18)29-2/h3-14,16H,15H2,1-2H3,(H,25,26). The number of hydroxylamine groups is 1. The number of hydrogen-bond acceptors (Lipinski definition) is 7. The molecule has 1 aliphatic heterocycles. The Hall–Kier alpha value is -4.00. The van der Waals surface area contributed by atoms with Crippen molar-refractivity contribution in [2.45, 2.75) is 5.54 Å². The second kappa shape index (κ2) is 8.79. The Morgan fingerprint density at radius 2 is 1.61 bits per heavy atom. The van der Waals surface area contributed by atoms with Crippen LogP contribution in [0.25, 0.3) is 11.1 Å². The molecule has 1 N–H and O–H groups in total. The van der Waals surface area contributed by atoms with Gasteiger partial charge in [-0.25, -0.2) is 4.99 Å². The summed E-state index contributed by atoms with van der Waals surface area (Å²) in [6.07, 6.45) is 0. The summed E-state index contributed by atoms with van der Waals surface area (Å²) in [5.74, 6) is 1.53. The molecule has 0 bridgehead atoms. The normalized spacial score (nSPS) is 17.3. The van der Waals surface area contributed by atoms with E-state index in [4.69, 9.17) is 19.2 Å². The average molecular weight is 418 g/mol. The van der Waals surface area contributed by atoms with Gasteiger partial charge in [-0.3, -0.25) is 4.79 Å². The van der Waals surface area contributed by atoms with Crippen molar-refractivity contribution in [1.29, 1.82) is 0 Å². The molecular weight excluding hydrogens is 396 g/mol. The highest BCUT2D eigenvalue weighted by atomic mass is 16.7. The fraction of sp³-hybridized carbons (Fsp3) is 0.167. The van der Waals surface area contributed by atoms with Crippen molar-refractivity contribution in [3.8, 4) is 22.6 Å². The largest absolute Gasteiger partial charge is 0.497 e. The molecule has 3 aromatic rings. The molecule has 0 aliphatic carbocycles. The summed E-state index contributed by atoms with van der Waals surface area (Å²) < 4.78 is 16.4. The van der Waals surface area contributed by atoms with Crippen molar-refractivity contribution < 1.29 is 23.8 Å². The van der Waals surface area contributed by atoms with Crippen LogP contribution < -0.4 is 15.0 Å². The number of ether oxygens (including phenoxy) is 3. The van der Waals surface area contributed by atoms with Crippen molar-refractivity contribution in [3.05, 3.63) is 83.9 Å². The van der Waals surface area contributed by atoms with Crippen LogP contribution >= 0.6 is 0 Å². The third kappa shape index (κ3) is 4.02. The lowest BCUT2D eigenvalue weighted by atomic mass is 9.83. The van der Waals surface area contributed by atoms with E-state index < -0.39 is 5.54 Å². The second-order valence-electron chi connectivity index (χ2n) is 6.92. The summed E-state index contributed by atoms with van der Waals surface area (Å²) in [5.41, 5.74) is 5.49. The first-order valence-corrected chi connectivity index (χ1v) is 9.66. The van der Waals surface area contributed by atoms with Crippen LogP contribution in [0.5, 0.6) is 11.5 Å². The highest BCUT2D eigenvalue weighted by molar-refractivity contribution is 5.77. The molecule has 0 aromatic heterocycles. The molecule has 1 heterocycles. The van der Waals surface area contributed by atoms with Crippen LogP contribution in [0, 0.1) is 0 Å². The molecule has 3 aromatic carbocycles. The quantitative estimate of drug-likeness (QED) is 0.466. The van der Waals surface area contributed by atoms with Crippen molar-refractivity contribution in [1.82, 2.24) is 5.48 Å². The molecule has 158 valence electrons. The van der Waals surface area contributed by atoms with E-state index in [0.717, 1.165) is 33.8 Å². The molecule has 1 atom stereocenters. The SMILES string of the molecule is COc1ccc(C2(c3cccc(-c4cccc(OC)c4)c3)COC(NOC=O)=N2)cc1. The molecule has 7 heteroatoms. The van der Waals surface area contributed by atoms with Crippen LogP contribution in [0.2, 0.25) is 0 Å². The number of aliphatic imine (C=N–C) groups is 1. The van der Waals surface area contributed by atoms with Gasteiger partial charge in [0, 0.05) is 0 Å². The van der Waals surface area contributed by atoms with Crippen molar-refractivity contribution in [2.24, 2.45) is 4.99 Å². The third-order valence-electron chi connectivity index (χ3n) is 5.22.